The highest BCUT2D eigenvalue weighted by atomic mass is 16.6. The van der Waals surface area contributed by atoms with Gasteiger partial charge in [-0.1, -0.05) is 6.92 Å². The van der Waals surface area contributed by atoms with E-state index in [9.17, 15) is 9.59 Å². The molecule has 0 saturated carbocycles. The normalized spacial score (nSPS) is 17.7. The summed E-state index contributed by atoms with van der Waals surface area (Å²) in [6.45, 7) is 8.31. The SMILES string of the molecule is CC[C@H](NC(=O)OC(C)(C)C)C(=O)N[C@H]1CCN(c2nccnc2C#N)C1. The Morgan fingerprint density at radius 3 is 2.74 bits per heavy atom. The first-order valence-electron chi connectivity index (χ1n) is 8.99. The summed E-state index contributed by atoms with van der Waals surface area (Å²) in [6, 6.07) is 1.27. The van der Waals surface area contributed by atoms with E-state index in [1.54, 1.807) is 27.0 Å². The topological polar surface area (TPSA) is 120 Å². The van der Waals surface area contributed by atoms with Crippen LogP contribution in [0.1, 0.15) is 46.2 Å². The standard InChI is InChI=1S/C18H26N6O3/c1-5-13(23-17(26)27-18(2,3)4)16(25)22-12-6-9-24(11-12)15-14(10-19)20-7-8-21-15/h7-8,12-13H,5-6,9,11H2,1-4H3,(H,22,25)(H,23,26)/t12-,13-/m0/s1. The molecule has 0 unspecified atom stereocenters. The molecule has 1 aromatic heterocycles. The summed E-state index contributed by atoms with van der Waals surface area (Å²) in [4.78, 5) is 34.6. The molecule has 0 bridgehead atoms. The summed E-state index contributed by atoms with van der Waals surface area (Å²) in [5.41, 5.74) is -0.359. The number of alkyl carbamates (subject to hydrolysis) is 1. The fraction of sp³-hybridized carbons (Fsp3) is 0.611. The first-order chi connectivity index (χ1) is 12.7. The molecule has 2 heterocycles. The Bertz CT molecular complexity index is 725. The monoisotopic (exact) mass is 374 g/mol. The average Bonchev–Trinajstić information content (AvgIpc) is 3.06. The Hall–Kier alpha value is -2.89. The minimum Gasteiger partial charge on any atom is -0.444 e. The van der Waals surface area contributed by atoms with Crippen LogP contribution in [0.4, 0.5) is 10.6 Å². The number of anilines is 1. The Morgan fingerprint density at radius 2 is 2.11 bits per heavy atom. The first kappa shape index (κ1) is 20.4. The predicted octanol–water partition coefficient (Wildman–Crippen LogP) is 1.35. The zero-order valence-electron chi connectivity index (χ0n) is 16.2. The minimum atomic E-state index is -0.667. The number of aromatic nitrogens is 2. The third-order valence-corrected chi connectivity index (χ3v) is 4.03. The lowest BCUT2D eigenvalue weighted by atomic mass is 10.2. The molecule has 1 aliphatic heterocycles. The fourth-order valence-electron chi connectivity index (χ4n) is 2.82. The third kappa shape index (κ3) is 5.81. The number of carbonyl (C=O) groups excluding carboxylic acids is 2. The molecule has 146 valence electrons. The number of hydrogen-bond acceptors (Lipinski definition) is 7. The molecule has 2 atom stereocenters. The number of carbonyl (C=O) groups is 2. The van der Waals surface area contributed by atoms with Crippen LogP contribution in [0, 0.1) is 11.3 Å². The molecule has 2 N–H and O–H groups in total. The van der Waals surface area contributed by atoms with Crippen LogP contribution < -0.4 is 15.5 Å². The summed E-state index contributed by atoms with van der Waals surface area (Å²) in [7, 11) is 0. The molecular formula is C18H26N6O3. The third-order valence-electron chi connectivity index (χ3n) is 4.03. The quantitative estimate of drug-likeness (QED) is 0.798. The molecule has 2 amide bonds. The maximum absolute atomic E-state index is 12.5. The van der Waals surface area contributed by atoms with E-state index >= 15 is 0 Å². The predicted molar refractivity (Wildman–Crippen MR) is 99.0 cm³/mol. The van der Waals surface area contributed by atoms with Gasteiger partial charge in [-0.15, -0.1) is 0 Å². The molecule has 0 radical (unpaired) electrons. The van der Waals surface area contributed by atoms with Crippen LogP contribution in [-0.2, 0) is 9.53 Å². The molecule has 0 spiro atoms. The molecule has 1 aromatic rings. The van der Waals surface area contributed by atoms with E-state index in [4.69, 9.17) is 10.00 Å². The summed E-state index contributed by atoms with van der Waals surface area (Å²) < 4.78 is 5.21. The van der Waals surface area contributed by atoms with Crippen LogP contribution >= 0.6 is 0 Å². The second kappa shape index (κ2) is 8.66. The number of rotatable bonds is 5. The molecular weight excluding hydrogens is 348 g/mol. The van der Waals surface area contributed by atoms with Crippen molar-refractivity contribution >= 4 is 17.8 Å². The van der Waals surface area contributed by atoms with Crippen molar-refractivity contribution in [2.24, 2.45) is 0 Å². The summed E-state index contributed by atoms with van der Waals surface area (Å²) in [5, 5.41) is 14.7. The van der Waals surface area contributed by atoms with Gasteiger partial charge in [-0.25, -0.2) is 14.8 Å². The number of nitrogens with zero attached hydrogens (tertiary/aromatic N) is 4. The Labute approximate surface area is 159 Å². The van der Waals surface area contributed by atoms with E-state index in [-0.39, 0.29) is 17.6 Å². The molecule has 2 rings (SSSR count). The van der Waals surface area contributed by atoms with Gasteiger partial charge in [0.15, 0.2) is 11.5 Å². The van der Waals surface area contributed by atoms with Gasteiger partial charge in [-0.3, -0.25) is 4.79 Å². The van der Waals surface area contributed by atoms with E-state index < -0.39 is 17.7 Å². The van der Waals surface area contributed by atoms with Gasteiger partial charge >= 0.3 is 6.09 Å². The summed E-state index contributed by atoms with van der Waals surface area (Å²) in [6.07, 6.45) is 3.57. The van der Waals surface area contributed by atoms with Gasteiger partial charge in [-0.05, 0) is 33.6 Å². The van der Waals surface area contributed by atoms with Crippen LogP contribution in [-0.4, -0.2) is 52.7 Å². The van der Waals surface area contributed by atoms with Crippen molar-refractivity contribution in [3.05, 3.63) is 18.1 Å². The van der Waals surface area contributed by atoms with Crippen LogP contribution in [0.15, 0.2) is 12.4 Å². The Balaban J connectivity index is 1.92. The molecule has 9 heteroatoms. The second-order valence-corrected chi connectivity index (χ2v) is 7.39. The Morgan fingerprint density at radius 1 is 1.41 bits per heavy atom. The van der Waals surface area contributed by atoms with Crippen LogP contribution in [0.3, 0.4) is 0 Å². The van der Waals surface area contributed by atoms with Crippen molar-refractivity contribution in [2.75, 3.05) is 18.0 Å². The molecule has 27 heavy (non-hydrogen) atoms. The molecule has 0 aliphatic carbocycles. The number of nitriles is 1. The summed E-state index contributed by atoms with van der Waals surface area (Å²) >= 11 is 0. The van der Waals surface area contributed by atoms with Gasteiger partial charge < -0.3 is 20.3 Å². The van der Waals surface area contributed by atoms with E-state index in [0.717, 1.165) is 6.42 Å². The van der Waals surface area contributed by atoms with Crippen molar-refractivity contribution in [2.45, 2.75) is 58.2 Å². The first-order valence-corrected chi connectivity index (χ1v) is 8.99. The van der Waals surface area contributed by atoms with Gasteiger partial charge in [0.25, 0.3) is 0 Å². The number of amides is 2. The van der Waals surface area contributed by atoms with Crippen molar-refractivity contribution in [3.63, 3.8) is 0 Å². The van der Waals surface area contributed by atoms with Gasteiger partial charge in [0.2, 0.25) is 5.91 Å². The lowest BCUT2D eigenvalue weighted by Gasteiger charge is -2.24. The number of nitrogens with one attached hydrogen (secondary N) is 2. The number of hydrogen-bond donors (Lipinski definition) is 2. The van der Waals surface area contributed by atoms with Crippen molar-refractivity contribution in [1.82, 2.24) is 20.6 Å². The van der Waals surface area contributed by atoms with Crippen molar-refractivity contribution in [3.8, 4) is 6.07 Å². The Kier molecular flexibility index (Phi) is 6.55. The fourth-order valence-corrected chi connectivity index (χ4v) is 2.82. The van der Waals surface area contributed by atoms with Gasteiger partial charge in [0.05, 0.1) is 0 Å². The van der Waals surface area contributed by atoms with Crippen LogP contribution in [0.2, 0.25) is 0 Å². The van der Waals surface area contributed by atoms with E-state index in [1.807, 2.05) is 17.9 Å². The molecule has 0 aromatic carbocycles. The second-order valence-electron chi connectivity index (χ2n) is 7.39. The maximum Gasteiger partial charge on any atom is 0.408 e. The highest BCUT2D eigenvalue weighted by molar-refractivity contribution is 5.86. The maximum atomic E-state index is 12.5. The van der Waals surface area contributed by atoms with Crippen LogP contribution in [0.25, 0.3) is 0 Å². The van der Waals surface area contributed by atoms with Gasteiger partial charge in [0.1, 0.15) is 17.7 Å². The molecule has 9 nitrogen and oxygen atoms in total. The van der Waals surface area contributed by atoms with E-state index in [2.05, 4.69) is 20.6 Å². The van der Waals surface area contributed by atoms with Gasteiger partial charge in [-0.2, -0.15) is 5.26 Å². The van der Waals surface area contributed by atoms with Gasteiger partial charge in [0, 0.05) is 31.5 Å². The lowest BCUT2D eigenvalue weighted by molar-refractivity contribution is -0.123. The molecule has 1 aliphatic rings. The van der Waals surface area contributed by atoms with E-state index in [0.29, 0.717) is 25.3 Å². The molecule has 1 saturated heterocycles. The van der Waals surface area contributed by atoms with Crippen molar-refractivity contribution < 1.29 is 14.3 Å². The largest absolute Gasteiger partial charge is 0.444 e. The highest BCUT2D eigenvalue weighted by Crippen LogP contribution is 2.20. The van der Waals surface area contributed by atoms with Crippen molar-refractivity contribution in [1.29, 1.82) is 5.26 Å². The zero-order valence-corrected chi connectivity index (χ0v) is 16.2. The highest BCUT2D eigenvalue weighted by Gasteiger charge is 2.29. The van der Waals surface area contributed by atoms with Crippen LogP contribution in [0.5, 0.6) is 0 Å². The lowest BCUT2D eigenvalue weighted by Crippen LogP contribution is -2.50. The molecule has 1 fully saturated rings. The smallest absolute Gasteiger partial charge is 0.408 e. The zero-order chi connectivity index (χ0) is 20.0. The minimum absolute atomic E-state index is 0.0967. The average molecular weight is 374 g/mol. The summed E-state index contributed by atoms with van der Waals surface area (Å²) in [5.74, 6) is 0.269. The van der Waals surface area contributed by atoms with E-state index in [1.165, 1.54) is 6.20 Å². The number of ether oxygens (including phenoxy) is 1.